The van der Waals surface area contributed by atoms with Crippen LogP contribution < -0.4 is 5.32 Å². The molecule has 2 unspecified atom stereocenters. The number of amides is 2. The van der Waals surface area contributed by atoms with E-state index in [0.717, 1.165) is 24.8 Å². The van der Waals surface area contributed by atoms with Gasteiger partial charge >= 0.3 is 12.0 Å². The van der Waals surface area contributed by atoms with Gasteiger partial charge in [-0.2, -0.15) is 0 Å². The predicted octanol–water partition coefficient (Wildman–Crippen LogP) is 3.11. The number of carbonyl (C=O) groups excluding carboxylic acids is 1. The van der Waals surface area contributed by atoms with Gasteiger partial charge in [0.2, 0.25) is 0 Å². The van der Waals surface area contributed by atoms with Crippen LogP contribution in [0.1, 0.15) is 38.7 Å². The highest BCUT2D eigenvalue weighted by Crippen LogP contribution is 2.26. The summed E-state index contributed by atoms with van der Waals surface area (Å²) in [5.74, 6) is -0.858. The lowest BCUT2D eigenvalue weighted by molar-refractivity contribution is -0.136. The summed E-state index contributed by atoms with van der Waals surface area (Å²) in [7, 11) is 0. The van der Waals surface area contributed by atoms with E-state index in [0.29, 0.717) is 11.7 Å². The summed E-state index contributed by atoms with van der Waals surface area (Å²) in [6.07, 6.45) is 3.07. The van der Waals surface area contributed by atoms with Crippen LogP contribution in [0.25, 0.3) is 0 Å². The molecule has 0 bridgehead atoms. The number of rotatable bonds is 4. The second-order valence-corrected chi connectivity index (χ2v) is 5.59. The number of hydrogen-bond donors (Lipinski definition) is 2. The average Bonchev–Trinajstić information content (AvgIpc) is 2.81. The molecular weight excluding hydrogens is 268 g/mol. The number of nitrogens with one attached hydrogen (secondary N) is 1. The molecule has 0 spiro atoms. The lowest BCUT2D eigenvalue weighted by atomic mass is 10.1. The molecule has 2 rings (SSSR count). The Kier molecular flexibility index (Phi) is 4.83. The molecule has 1 aromatic rings. The molecule has 21 heavy (non-hydrogen) atoms. The maximum Gasteiger partial charge on any atom is 0.322 e. The maximum absolute atomic E-state index is 12.4. The molecule has 2 atom stereocenters. The van der Waals surface area contributed by atoms with Gasteiger partial charge < -0.3 is 15.3 Å². The van der Waals surface area contributed by atoms with E-state index in [2.05, 4.69) is 19.2 Å². The number of benzene rings is 1. The van der Waals surface area contributed by atoms with Gasteiger partial charge in [-0.3, -0.25) is 4.79 Å². The van der Waals surface area contributed by atoms with Gasteiger partial charge in [-0.1, -0.05) is 19.1 Å². The summed E-state index contributed by atoms with van der Waals surface area (Å²) in [5.41, 5.74) is 1.42. The van der Waals surface area contributed by atoms with E-state index in [1.54, 1.807) is 24.3 Å². The van der Waals surface area contributed by atoms with Crippen molar-refractivity contribution in [3.8, 4) is 0 Å². The number of likely N-dealkylation sites (tertiary alicyclic amines) is 1. The molecule has 114 valence electrons. The smallest absolute Gasteiger partial charge is 0.322 e. The van der Waals surface area contributed by atoms with Gasteiger partial charge in [0, 0.05) is 17.8 Å². The number of carbonyl (C=O) groups is 2. The van der Waals surface area contributed by atoms with Gasteiger partial charge in [-0.15, -0.1) is 0 Å². The van der Waals surface area contributed by atoms with Crippen molar-refractivity contribution in [3.63, 3.8) is 0 Å². The third-order valence-electron chi connectivity index (χ3n) is 4.05. The number of urea groups is 1. The molecule has 1 heterocycles. The van der Waals surface area contributed by atoms with E-state index in [4.69, 9.17) is 5.11 Å². The van der Waals surface area contributed by atoms with E-state index in [1.165, 1.54) is 0 Å². The molecule has 2 amide bonds. The molecule has 1 saturated heterocycles. The summed E-state index contributed by atoms with van der Waals surface area (Å²) in [5, 5.41) is 11.6. The Balaban J connectivity index is 2.00. The van der Waals surface area contributed by atoms with E-state index in [-0.39, 0.29) is 18.5 Å². The standard InChI is InChI=1S/C16H22N2O3/c1-3-14-9-4-11(2)18(14)16(21)17-13-7-5-12(6-8-13)10-15(19)20/h5-8,11,14H,3-4,9-10H2,1-2H3,(H,17,21)(H,19,20). The molecule has 1 aliphatic heterocycles. The molecule has 0 saturated carbocycles. The first-order valence-corrected chi connectivity index (χ1v) is 7.41. The van der Waals surface area contributed by atoms with Gasteiger partial charge in [0.1, 0.15) is 0 Å². The van der Waals surface area contributed by atoms with Gasteiger partial charge in [0.15, 0.2) is 0 Å². The van der Waals surface area contributed by atoms with Crippen LogP contribution in [0.3, 0.4) is 0 Å². The molecule has 1 fully saturated rings. The Bertz CT molecular complexity index is 513. The van der Waals surface area contributed by atoms with Crippen LogP contribution >= 0.6 is 0 Å². The first-order chi connectivity index (χ1) is 10.0. The van der Waals surface area contributed by atoms with Crippen LogP contribution in [-0.2, 0) is 11.2 Å². The highest BCUT2D eigenvalue weighted by atomic mass is 16.4. The molecule has 0 aromatic heterocycles. The molecule has 5 heteroatoms. The number of carboxylic acid groups (broad SMARTS) is 1. The Morgan fingerprint density at radius 1 is 1.29 bits per heavy atom. The SMILES string of the molecule is CCC1CCC(C)N1C(=O)Nc1ccc(CC(=O)O)cc1. The van der Waals surface area contributed by atoms with E-state index in [9.17, 15) is 9.59 Å². The maximum atomic E-state index is 12.4. The van der Waals surface area contributed by atoms with Crippen molar-refractivity contribution in [2.75, 3.05) is 5.32 Å². The first-order valence-electron chi connectivity index (χ1n) is 7.41. The second-order valence-electron chi connectivity index (χ2n) is 5.59. The molecule has 1 aliphatic rings. The quantitative estimate of drug-likeness (QED) is 0.895. The van der Waals surface area contributed by atoms with Gasteiger partial charge in [0.05, 0.1) is 6.42 Å². The largest absolute Gasteiger partial charge is 0.481 e. The monoisotopic (exact) mass is 290 g/mol. The minimum absolute atomic E-state index is 0.00467. The number of anilines is 1. The lowest BCUT2D eigenvalue weighted by Gasteiger charge is -2.28. The van der Waals surface area contributed by atoms with Crippen LogP contribution in [0.5, 0.6) is 0 Å². The lowest BCUT2D eigenvalue weighted by Crippen LogP contribution is -2.42. The highest BCUT2D eigenvalue weighted by Gasteiger charge is 2.33. The number of carboxylic acids is 1. The van der Waals surface area contributed by atoms with Gasteiger partial charge in [-0.25, -0.2) is 4.79 Å². The van der Waals surface area contributed by atoms with Crippen molar-refractivity contribution in [1.29, 1.82) is 0 Å². The molecule has 0 radical (unpaired) electrons. The van der Waals surface area contributed by atoms with Gasteiger partial charge in [-0.05, 0) is 43.9 Å². The third kappa shape index (κ3) is 3.74. The minimum atomic E-state index is -0.858. The fraction of sp³-hybridized carbons (Fsp3) is 0.500. The van der Waals surface area contributed by atoms with Crippen LogP contribution in [0.2, 0.25) is 0 Å². The zero-order valence-electron chi connectivity index (χ0n) is 12.5. The van der Waals surface area contributed by atoms with E-state index < -0.39 is 5.97 Å². The average molecular weight is 290 g/mol. The van der Waals surface area contributed by atoms with Crippen LogP contribution in [-0.4, -0.2) is 34.1 Å². The summed E-state index contributed by atoms with van der Waals surface area (Å²) in [6.45, 7) is 4.18. The summed E-state index contributed by atoms with van der Waals surface area (Å²) >= 11 is 0. The molecular formula is C16H22N2O3. The third-order valence-corrected chi connectivity index (χ3v) is 4.05. The number of hydrogen-bond acceptors (Lipinski definition) is 2. The topological polar surface area (TPSA) is 69.6 Å². The van der Waals surface area contributed by atoms with Crippen molar-refractivity contribution in [1.82, 2.24) is 4.90 Å². The zero-order valence-corrected chi connectivity index (χ0v) is 12.5. The van der Waals surface area contributed by atoms with Crippen molar-refractivity contribution >= 4 is 17.7 Å². The van der Waals surface area contributed by atoms with E-state index >= 15 is 0 Å². The first kappa shape index (κ1) is 15.4. The summed E-state index contributed by atoms with van der Waals surface area (Å²) in [4.78, 5) is 24.9. The minimum Gasteiger partial charge on any atom is -0.481 e. The Hall–Kier alpha value is -2.04. The Labute approximate surface area is 125 Å². The predicted molar refractivity (Wildman–Crippen MR) is 81.4 cm³/mol. The zero-order chi connectivity index (χ0) is 15.4. The highest BCUT2D eigenvalue weighted by molar-refractivity contribution is 5.90. The number of aliphatic carboxylic acids is 1. The normalized spacial score (nSPS) is 21.3. The van der Waals surface area contributed by atoms with Gasteiger partial charge in [0.25, 0.3) is 0 Å². The van der Waals surface area contributed by atoms with Crippen molar-refractivity contribution in [2.24, 2.45) is 0 Å². The fourth-order valence-corrected chi connectivity index (χ4v) is 2.91. The Morgan fingerprint density at radius 3 is 2.52 bits per heavy atom. The van der Waals surface area contributed by atoms with Crippen molar-refractivity contribution in [3.05, 3.63) is 29.8 Å². The van der Waals surface area contributed by atoms with Crippen LogP contribution in [0.15, 0.2) is 24.3 Å². The van der Waals surface area contributed by atoms with Crippen molar-refractivity contribution in [2.45, 2.75) is 51.6 Å². The second kappa shape index (κ2) is 6.61. The number of nitrogens with zero attached hydrogens (tertiary/aromatic N) is 1. The molecule has 1 aromatic carbocycles. The molecule has 0 aliphatic carbocycles. The van der Waals surface area contributed by atoms with Crippen molar-refractivity contribution < 1.29 is 14.7 Å². The Morgan fingerprint density at radius 2 is 1.95 bits per heavy atom. The summed E-state index contributed by atoms with van der Waals surface area (Å²) in [6, 6.07) is 7.46. The van der Waals surface area contributed by atoms with Crippen LogP contribution in [0, 0.1) is 0 Å². The molecule has 2 N–H and O–H groups in total. The van der Waals surface area contributed by atoms with Crippen LogP contribution in [0.4, 0.5) is 10.5 Å². The summed E-state index contributed by atoms with van der Waals surface area (Å²) < 4.78 is 0. The fourth-order valence-electron chi connectivity index (χ4n) is 2.91. The van der Waals surface area contributed by atoms with E-state index in [1.807, 2.05) is 4.90 Å². The molecule has 5 nitrogen and oxygen atoms in total.